The Bertz CT molecular complexity index is 277. The normalized spacial score (nSPS) is 13.0. The third-order valence-electron chi connectivity index (χ3n) is 2.05. The fraction of sp³-hybridized carbons (Fsp3) is 0.444. The van der Waals surface area contributed by atoms with Crippen LogP contribution in [-0.2, 0) is 5.41 Å². The molecule has 78 valence electrons. The van der Waals surface area contributed by atoms with E-state index in [2.05, 4.69) is 4.98 Å². The highest BCUT2D eigenvalue weighted by molar-refractivity contribution is 6.70. The van der Waals surface area contributed by atoms with Crippen LogP contribution >= 0.6 is 0 Å². The Balaban J connectivity index is 3.02. The van der Waals surface area contributed by atoms with Crippen LogP contribution < -0.4 is 5.59 Å². The van der Waals surface area contributed by atoms with Crippen molar-refractivity contribution in [1.82, 2.24) is 4.98 Å². The molecule has 0 spiro atoms. The van der Waals surface area contributed by atoms with Crippen LogP contribution in [0, 0.1) is 0 Å². The molecule has 0 aliphatic carbocycles. The first-order valence-electron chi connectivity index (χ1n) is 4.49. The van der Waals surface area contributed by atoms with Crippen molar-refractivity contribution in [3.8, 4) is 0 Å². The molecule has 0 bridgehead atoms. The molecule has 4 nitrogen and oxygen atoms in total. The van der Waals surface area contributed by atoms with Crippen molar-refractivity contribution in [3.05, 3.63) is 23.9 Å². The molecule has 0 atom stereocenters. The van der Waals surface area contributed by atoms with E-state index in [1.54, 1.807) is 6.07 Å². The first kappa shape index (κ1) is 11.2. The maximum absolute atomic E-state index is 8.89. The van der Waals surface area contributed by atoms with E-state index in [4.69, 9.17) is 15.1 Å². The van der Waals surface area contributed by atoms with Gasteiger partial charge in [0.15, 0.2) is 0 Å². The van der Waals surface area contributed by atoms with Gasteiger partial charge in [-0.15, -0.1) is 0 Å². The molecule has 5 heteroatoms. The highest BCUT2D eigenvalue weighted by Crippen LogP contribution is 2.19. The van der Waals surface area contributed by atoms with Crippen molar-refractivity contribution in [2.75, 3.05) is 0 Å². The van der Waals surface area contributed by atoms with Crippen LogP contribution in [0.2, 0.25) is 0 Å². The van der Waals surface area contributed by atoms with Crippen molar-refractivity contribution in [3.63, 3.8) is 0 Å². The Hall–Kier alpha value is -0.905. The van der Waals surface area contributed by atoms with Gasteiger partial charge in [0.2, 0.25) is 0 Å². The summed E-state index contributed by atoms with van der Waals surface area (Å²) in [5.41, 5.74) is 0.820. The molecule has 14 heavy (non-hydrogen) atoms. The van der Waals surface area contributed by atoms with Crippen LogP contribution in [-0.4, -0.2) is 26.8 Å². The molecule has 3 N–H and O–H groups in total. The Kier molecular flexibility index (Phi) is 2.67. The summed E-state index contributed by atoms with van der Waals surface area (Å²) in [4.78, 5) is 3.79. The summed E-state index contributed by atoms with van der Waals surface area (Å²) in [6.07, 6.45) is 1.54. The Morgan fingerprint density at radius 3 is 2.00 bits per heavy atom. The van der Waals surface area contributed by atoms with Gasteiger partial charge in [0.05, 0.1) is 0 Å². The van der Waals surface area contributed by atoms with Crippen LogP contribution in [0.1, 0.15) is 26.3 Å². The molecule has 1 heterocycles. The summed E-state index contributed by atoms with van der Waals surface area (Å²) in [5, 5.41) is 26.7. The second-order valence-corrected chi connectivity index (χ2v) is 4.46. The zero-order valence-electron chi connectivity index (χ0n) is 8.60. The molecule has 0 aliphatic rings. The fourth-order valence-electron chi connectivity index (χ4n) is 1.08. The second kappa shape index (κ2) is 3.35. The third-order valence-corrected chi connectivity index (χ3v) is 2.05. The van der Waals surface area contributed by atoms with Crippen molar-refractivity contribution in [2.24, 2.45) is 0 Å². The molecule has 0 aromatic carbocycles. The molecule has 0 unspecified atom stereocenters. The lowest BCUT2D eigenvalue weighted by Gasteiger charge is -2.23. The first-order valence-corrected chi connectivity index (χ1v) is 4.49. The summed E-state index contributed by atoms with van der Waals surface area (Å²) in [6.45, 7) is 2.61. The van der Waals surface area contributed by atoms with Gasteiger partial charge in [-0.3, -0.25) is 4.98 Å². The summed E-state index contributed by atoms with van der Waals surface area (Å²) in [5.74, 6) is 0. The van der Waals surface area contributed by atoms with Crippen LogP contribution in [0.15, 0.2) is 18.3 Å². The zero-order valence-corrected chi connectivity index (χ0v) is 8.60. The molecule has 0 radical (unpaired) electrons. The summed E-state index contributed by atoms with van der Waals surface area (Å²) < 4.78 is 0. The number of aromatic nitrogens is 1. The van der Waals surface area contributed by atoms with Crippen molar-refractivity contribution < 1.29 is 15.1 Å². The second-order valence-electron chi connectivity index (χ2n) is 4.46. The summed E-state index contributed by atoms with van der Waals surface area (Å²) >= 11 is 0. The molecule has 0 amide bonds. The maximum atomic E-state index is 8.89. The molecule has 1 aromatic heterocycles. The van der Waals surface area contributed by atoms with E-state index in [0.717, 1.165) is 5.56 Å². The number of nitrogens with zero attached hydrogens (tertiary/aromatic N) is 1. The monoisotopic (exact) mass is 196 g/mol. The van der Waals surface area contributed by atoms with E-state index in [0.29, 0.717) is 0 Å². The van der Waals surface area contributed by atoms with E-state index >= 15 is 0 Å². The van der Waals surface area contributed by atoms with Crippen molar-refractivity contribution in [2.45, 2.75) is 26.2 Å². The SMILES string of the molecule is CC(C)(C)c1ccc([B-](O)(O)O)nc1. The number of rotatable bonds is 1. The van der Waals surface area contributed by atoms with E-state index < -0.39 is 6.75 Å². The van der Waals surface area contributed by atoms with Gasteiger partial charge in [-0.2, -0.15) is 0 Å². The largest absolute Gasteiger partial charge is 0.555 e. The predicted octanol–water partition coefficient (Wildman–Crippen LogP) is -0.498. The van der Waals surface area contributed by atoms with Gasteiger partial charge in [0, 0.05) is 6.20 Å². The predicted molar refractivity (Wildman–Crippen MR) is 55.0 cm³/mol. The molecule has 0 saturated carbocycles. The fourth-order valence-corrected chi connectivity index (χ4v) is 1.08. The topological polar surface area (TPSA) is 73.6 Å². The summed E-state index contributed by atoms with van der Waals surface area (Å²) in [6, 6.07) is 3.14. The van der Waals surface area contributed by atoms with E-state index in [1.165, 1.54) is 12.3 Å². The quantitative estimate of drug-likeness (QED) is 0.529. The van der Waals surface area contributed by atoms with Crippen LogP contribution in [0.25, 0.3) is 0 Å². The standard InChI is InChI=1S/C9H15BNO3/c1-9(2,3)7-4-5-8(11-6-7)10(12,13)14/h4-6,12-14H,1-3H3/q-1. The Labute approximate surface area is 83.3 Å². The highest BCUT2D eigenvalue weighted by atomic mass is 16.5. The highest BCUT2D eigenvalue weighted by Gasteiger charge is 2.21. The lowest BCUT2D eigenvalue weighted by molar-refractivity contribution is 0.248. The number of hydrogen-bond acceptors (Lipinski definition) is 4. The van der Waals surface area contributed by atoms with Gasteiger partial charge in [0.25, 0.3) is 0 Å². The number of hydrogen-bond donors (Lipinski definition) is 3. The minimum Gasteiger partial charge on any atom is -0.555 e. The molecule has 0 fully saturated rings. The van der Waals surface area contributed by atoms with Gasteiger partial charge < -0.3 is 15.1 Å². The lowest BCUT2D eigenvalue weighted by atomic mass is 9.75. The smallest absolute Gasteiger partial charge is 0.420 e. The molecular formula is C9H15BNO3-. The van der Waals surface area contributed by atoms with Crippen molar-refractivity contribution >= 4 is 12.3 Å². The maximum Gasteiger partial charge on any atom is 0.420 e. The molecule has 1 aromatic rings. The van der Waals surface area contributed by atoms with Gasteiger partial charge in [-0.25, -0.2) is 0 Å². The minimum atomic E-state index is -3.47. The van der Waals surface area contributed by atoms with Crippen LogP contribution in [0.3, 0.4) is 0 Å². The average Bonchev–Trinajstić information content (AvgIpc) is 2.01. The number of pyridine rings is 1. The van der Waals surface area contributed by atoms with E-state index in [-0.39, 0.29) is 11.0 Å². The van der Waals surface area contributed by atoms with E-state index in [9.17, 15) is 0 Å². The zero-order chi connectivity index (χ0) is 11.0. The first-order chi connectivity index (χ1) is 6.21. The van der Waals surface area contributed by atoms with Gasteiger partial charge in [0.1, 0.15) is 0 Å². The average molecular weight is 196 g/mol. The lowest BCUT2D eigenvalue weighted by Crippen LogP contribution is -2.50. The molecule has 1 rings (SSSR count). The molecule has 0 saturated heterocycles. The summed E-state index contributed by atoms with van der Waals surface area (Å²) in [7, 11) is 0. The van der Waals surface area contributed by atoms with Gasteiger partial charge in [-0.1, -0.05) is 32.9 Å². The minimum absolute atomic E-state index is 0.0401. The van der Waals surface area contributed by atoms with Crippen LogP contribution in [0.4, 0.5) is 0 Å². The van der Waals surface area contributed by atoms with Crippen molar-refractivity contribution in [1.29, 1.82) is 0 Å². The molecular weight excluding hydrogens is 181 g/mol. The van der Waals surface area contributed by atoms with Gasteiger partial charge >= 0.3 is 6.75 Å². The Morgan fingerprint density at radius 2 is 1.71 bits per heavy atom. The molecule has 0 aliphatic heterocycles. The van der Waals surface area contributed by atoms with E-state index in [1.807, 2.05) is 20.8 Å². The third kappa shape index (κ3) is 2.54. The Morgan fingerprint density at radius 1 is 1.14 bits per heavy atom. The van der Waals surface area contributed by atoms with Crippen LogP contribution in [0.5, 0.6) is 0 Å². The van der Waals surface area contributed by atoms with Gasteiger partial charge in [-0.05, 0) is 16.6 Å².